The number of ether oxygens (including phenoxy) is 1. The number of phenols is 1. The van der Waals surface area contributed by atoms with Crippen LogP contribution in [0, 0.1) is 34.9 Å². The van der Waals surface area contributed by atoms with E-state index in [1.54, 1.807) is 32.0 Å². The number of halogens is 2. The number of anilines is 1. The third kappa shape index (κ3) is 3.48. The lowest BCUT2D eigenvalue weighted by atomic mass is 9.51. The second-order valence-electron chi connectivity index (χ2n) is 10.7. The van der Waals surface area contributed by atoms with Gasteiger partial charge in [0.2, 0.25) is 23.6 Å². The molecule has 2 aliphatic heterocycles. The highest BCUT2D eigenvalue weighted by molar-refractivity contribution is 6.31. The molecule has 39 heavy (non-hydrogen) atoms. The van der Waals surface area contributed by atoms with E-state index in [1.807, 2.05) is 6.08 Å². The molecule has 2 saturated heterocycles. The number of carbonyl (C=O) groups is 4. The van der Waals surface area contributed by atoms with Gasteiger partial charge in [0.05, 0.1) is 40.5 Å². The van der Waals surface area contributed by atoms with Gasteiger partial charge in [-0.15, -0.1) is 0 Å². The maximum atomic E-state index is 14.3. The first-order valence-corrected chi connectivity index (χ1v) is 13.3. The third-order valence-corrected chi connectivity index (χ3v) is 9.21. The van der Waals surface area contributed by atoms with Gasteiger partial charge in [0.25, 0.3) is 0 Å². The molecular formula is C29H26ClFN2O6. The molecule has 2 heterocycles. The topological polar surface area (TPSA) is 113 Å². The van der Waals surface area contributed by atoms with E-state index in [9.17, 15) is 28.7 Å². The largest absolute Gasteiger partial charge is 0.504 e. The molecule has 2 aliphatic carbocycles. The van der Waals surface area contributed by atoms with Gasteiger partial charge < -0.3 is 9.84 Å². The standard InChI is InChI=1S/C29H26ClFN2O6/c1-3-39-21-6-4-5-16(24(21)34)23-14-8-9-15-22(26(36)32-25(15)35)17(14)12-18-27(37)33(28(38)29(18,23)2)13-7-10-20(31)19(30)11-13/h4-8,10-11,15,17-18,22-23,34H,3,9,12H2,1-2H3,(H,32,35,36)/t15-,17+,18-,22-,23+,29+/m0/s1. The number of amides is 4. The number of nitrogens with zero attached hydrogens (tertiary/aromatic N) is 1. The number of fused-ring (bicyclic) bond motifs is 4. The average Bonchev–Trinajstić information content (AvgIpc) is 3.30. The van der Waals surface area contributed by atoms with Crippen LogP contribution in [0.5, 0.6) is 11.5 Å². The van der Waals surface area contributed by atoms with E-state index >= 15 is 0 Å². The molecule has 2 aromatic carbocycles. The van der Waals surface area contributed by atoms with Crippen molar-refractivity contribution in [2.24, 2.45) is 29.1 Å². The van der Waals surface area contributed by atoms with Crippen LogP contribution in [-0.2, 0) is 19.2 Å². The van der Waals surface area contributed by atoms with Crippen molar-refractivity contribution < 1.29 is 33.4 Å². The SMILES string of the molecule is CCOc1cccc([C@H]2C3=CC[C@@H]4C(=O)NC(=O)[C@@H]4[C@@H]3C[C@H]3C(=O)N(c4ccc(F)c(Cl)c4)C(=O)[C@@]23C)c1O. The number of imide groups is 2. The molecule has 2 aromatic rings. The van der Waals surface area contributed by atoms with Gasteiger partial charge in [-0.1, -0.05) is 35.4 Å². The van der Waals surface area contributed by atoms with Crippen molar-refractivity contribution in [1.29, 1.82) is 0 Å². The van der Waals surface area contributed by atoms with Crippen LogP contribution in [0.25, 0.3) is 0 Å². The number of hydrogen-bond donors (Lipinski definition) is 2. The third-order valence-electron chi connectivity index (χ3n) is 8.92. The van der Waals surface area contributed by atoms with Gasteiger partial charge in [-0.3, -0.25) is 24.5 Å². The van der Waals surface area contributed by atoms with Crippen LogP contribution in [0.15, 0.2) is 48.0 Å². The molecule has 1 saturated carbocycles. The average molecular weight is 553 g/mol. The number of rotatable bonds is 4. The van der Waals surface area contributed by atoms with Gasteiger partial charge in [-0.25, -0.2) is 9.29 Å². The van der Waals surface area contributed by atoms with Crippen LogP contribution < -0.4 is 15.0 Å². The molecule has 6 atom stereocenters. The summed E-state index contributed by atoms with van der Waals surface area (Å²) in [5, 5.41) is 13.5. The molecule has 0 unspecified atom stereocenters. The van der Waals surface area contributed by atoms with Crippen molar-refractivity contribution in [3.8, 4) is 11.5 Å². The van der Waals surface area contributed by atoms with E-state index in [4.69, 9.17) is 16.3 Å². The monoisotopic (exact) mass is 552 g/mol. The summed E-state index contributed by atoms with van der Waals surface area (Å²) < 4.78 is 19.6. The van der Waals surface area contributed by atoms with Crippen molar-refractivity contribution in [3.63, 3.8) is 0 Å². The van der Waals surface area contributed by atoms with Gasteiger partial charge in [-0.05, 0) is 56.9 Å². The van der Waals surface area contributed by atoms with Crippen LogP contribution >= 0.6 is 11.6 Å². The van der Waals surface area contributed by atoms with Gasteiger partial charge in [-0.2, -0.15) is 0 Å². The summed E-state index contributed by atoms with van der Waals surface area (Å²) in [6, 6.07) is 8.67. The molecule has 8 nitrogen and oxygen atoms in total. The Hall–Kier alpha value is -3.72. The second-order valence-corrected chi connectivity index (χ2v) is 11.1. The fourth-order valence-corrected chi connectivity index (χ4v) is 7.36. The van der Waals surface area contributed by atoms with E-state index in [2.05, 4.69) is 5.32 Å². The van der Waals surface area contributed by atoms with Crippen molar-refractivity contribution in [2.75, 3.05) is 11.5 Å². The van der Waals surface area contributed by atoms with E-state index in [-0.39, 0.29) is 34.5 Å². The highest BCUT2D eigenvalue weighted by atomic mass is 35.5. The maximum absolute atomic E-state index is 14.3. The highest BCUT2D eigenvalue weighted by Crippen LogP contribution is 2.64. The Balaban J connectivity index is 1.55. The molecule has 0 aromatic heterocycles. The number of nitrogens with one attached hydrogen (secondary N) is 1. The number of hydrogen-bond acceptors (Lipinski definition) is 6. The lowest BCUT2D eigenvalue weighted by Crippen LogP contribution is -2.48. The summed E-state index contributed by atoms with van der Waals surface area (Å²) in [6.45, 7) is 3.78. The molecule has 4 amide bonds. The first-order valence-electron chi connectivity index (χ1n) is 12.9. The number of allylic oxidation sites excluding steroid dienone is 2. The number of carbonyl (C=O) groups excluding carboxylic acids is 4. The molecular weight excluding hydrogens is 527 g/mol. The number of para-hydroxylation sites is 1. The Bertz CT molecular complexity index is 1490. The van der Waals surface area contributed by atoms with Gasteiger partial charge in [0, 0.05) is 11.5 Å². The maximum Gasteiger partial charge on any atom is 0.241 e. The molecule has 202 valence electrons. The van der Waals surface area contributed by atoms with Crippen molar-refractivity contribution in [2.45, 2.75) is 32.6 Å². The molecule has 3 fully saturated rings. The van der Waals surface area contributed by atoms with Crippen LogP contribution in [0.3, 0.4) is 0 Å². The van der Waals surface area contributed by atoms with Crippen LogP contribution in [0.4, 0.5) is 10.1 Å². The number of phenolic OH excluding ortho intramolecular Hbond substituents is 1. The molecule has 4 aliphatic rings. The number of aromatic hydroxyl groups is 1. The lowest BCUT2D eigenvalue weighted by molar-refractivity contribution is -0.131. The second kappa shape index (κ2) is 8.91. The van der Waals surface area contributed by atoms with E-state index < -0.39 is 58.5 Å². The highest BCUT2D eigenvalue weighted by Gasteiger charge is 2.67. The van der Waals surface area contributed by atoms with E-state index in [0.29, 0.717) is 18.6 Å². The minimum Gasteiger partial charge on any atom is -0.504 e. The smallest absolute Gasteiger partial charge is 0.241 e. The quantitative estimate of drug-likeness (QED) is 0.436. The normalized spacial score (nSPS) is 31.4. The van der Waals surface area contributed by atoms with Crippen molar-refractivity contribution in [1.82, 2.24) is 5.32 Å². The van der Waals surface area contributed by atoms with Gasteiger partial charge >= 0.3 is 0 Å². The van der Waals surface area contributed by atoms with E-state index in [0.717, 1.165) is 16.5 Å². The fraction of sp³-hybridized carbons (Fsp3) is 0.379. The van der Waals surface area contributed by atoms with Crippen molar-refractivity contribution in [3.05, 3.63) is 64.5 Å². The Morgan fingerprint density at radius 1 is 1.15 bits per heavy atom. The predicted molar refractivity (Wildman–Crippen MR) is 138 cm³/mol. The van der Waals surface area contributed by atoms with Crippen molar-refractivity contribution >= 4 is 40.9 Å². The Labute approximate surface area is 228 Å². The summed E-state index contributed by atoms with van der Waals surface area (Å²) in [7, 11) is 0. The molecule has 0 spiro atoms. The predicted octanol–water partition coefficient (Wildman–Crippen LogP) is 4.10. The van der Waals surface area contributed by atoms with Crippen LogP contribution in [-0.4, -0.2) is 35.3 Å². The molecule has 6 rings (SSSR count). The fourth-order valence-electron chi connectivity index (χ4n) is 7.18. The van der Waals surface area contributed by atoms with Crippen LogP contribution in [0.1, 0.15) is 38.2 Å². The zero-order chi connectivity index (χ0) is 27.8. The molecule has 0 bridgehead atoms. The zero-order valence-corrected chi connectivity index (χ0v) is 22.0. The van der Waals surface area contributed by atoms with Gasteiger partial charge in [0.1, 0.15) is 5.82 Å². The Kier molecular flexibility index (Phi) is 5.84. The molecule has 10 heteroatoms. The van der Waals surface area contributed by atoms with Gasteiger partial charge in [0.15, 0.2) is 11.5 Å². The summed E-state index contributed by atoms with van der Waals surface area (Å²) >= 11 is 6.00. The Morgan fingerprint density at radius 2 is 1.92 bits per heavy atom. The zero-order valence-electron chi connectivity index (χ0n) is 21.2. The minimum atomic E-state index is -1.35. The molecule has 0 radical (unpaired) electrons. The summed E-state index contributed by atoms with van der Waals surface area (Å²) in [5.74, 6) is -5.75. The minimum absolute atomic E-state index is 0.140. The number of benzene rings is 2. The molecule has 2 N–H and O–H groups in total. The van der Waals surface area contributed by atoms with E-state index in [1.165, 1.54) is 12.1 Å². The first kappa shape index (κ1) is 25.6. The summed E-state index contributed by atoms with van der Waals surface area (Å²) in [5.41, 5.74) is -0.0764. The lowest BCUT2D eigenvalue weighted by Gasteiger charge is -2.49. The first-order chi connectivity index (χ1) is 18.6. The summed E-state index contributed by atoms with van der Waals surface area (Å²) in [6.07, 6.45) is 2.36. The summed E-state index contributed by atoms with van der Waals surface area (Å²) in [4.78, 5) is 54.8. The Morgan fingerprint density at radius 3 is 2.64 bits per heavy atom. The van der Waals surface area contributed by atoms with Crippen LogP contribution in [0.2, 0.25) is 5.02 Å².